The summed E-state index contributed by atoms with van der Waals surface area (Å²) in [6.45, 7) is 0.206. The monoisotopic (exact) mass is 302 g/mol. The number of benzene rings is 1. The zero-order valence-electron chi connectivity index (χ0n) is 10.8. The van der Waals surface area contributed by atoms with Crippen LogP contribution in [0.2, 0.25) is 0 Å². The molecule has 1 rings (SSSR count). The number of hydrogen-bond acceptors (Lipinski definition) is 3. The number of nitrogens with one attached hydrogen (secondary N) is 2. The van der Waals surface area contributed by atoms with Crippen molar-refractivity contribution in [3.8, 4) is 0 Å². The number of rotatable bonds is 6. The molecule has 0 saturated carbocycles. The van der Waals surface area contributed by atoms with E-state index in [1.807, 2.05) is 0 Å². The smallest absolute Gasteiger partial charge is 0.319 e. The first-order valence-corrected chi connectivity index (χ1v) is 7.35. The maximum atomic E-state index is 13.5. The minimum Gasteiger partial charge on any atom is -0.481 e. The van der Waals surface area contributed by atoms with E-state index in [1.54, 1.807) is 0 Å². The molecule has 0 aliphatic heterocycles. The Labute approximate surface area is 117 Å². The lowest BCUT2D eigenvalue weighted by Gasteiger charge is -2.08. The van der Waals surface area contributed by atoms with E-state index in [0.717, 1.165) is 6.07 Å². The quantitative estimate of drug-likeness (QED) is 0.695. The number of hydrogen-bond donors (Lipinski definition) is 3. The third-order valence-electron chi connectivity index (χ3n) is 2.35. The number of anilines is 1. The molecule has 0 aromatic heterocycles. The molecular weight excluding hydrogens is 287 g/mol. The van der Waals surface area contributed by atoms with Gasteiger partial charge >= 0.3 is 12.0 Å². The molecule has 1 aromatic rings. The minimum atomic E-state index is -1.43. The van der Waals surface area contributed by atoms with Gasteiger partial charge in [-0.3, -0.25) is 9.00 Å². The summed E-state index contributed by atoms with van der Waals surface area (Å²) in [4.78, 5) is 21.8. The number of carbonyl (C=O) groups excluding carboxylic acids is 1. The summed E-state index contributed by atoms with van der Waals surface area (Å²) in [5, 5.41) is 13.3. The standard InChI is InChI=1S/C12H15FN2O4S/c1-20(19)10-5-4-8(7-9(10)13)15-12(18)14-6-2-3-11(16)17/h4-5,7H,2-3,6H2,1H3,(H,16,17)(H2,14,15,18). The zero-order chi connectivity index (χ0) is 15.1. The molecule has 1 aromatic carbocycles. The molecule has 0 saturated heterocycles. The van der Waals surface area contributed by atoms with E-state index in [2.05, 4.69) is 10.6 Å². The third kappa shape index (κ3) is 5.35. The molecule has 6 nitrogen and oxygen atoms in total. The summed E-state index contributed by atoms with van der Waals surface area (Å²) >= 11 is 0. The Hall–Kier alpha value is -1.96. The maximum Gasteiger partial charge on any atom is 0.319 e. The van der Waals surface area contributed by atoms with Crippen molar-refractivity contribution in [3.63, 3.8) is 0 Å². The predicted molar refractivity (Wildman–Crippen MR) is 72.6 cm³/mol. The van der Waals surface area contributed by atoms with E-state index in [1.165, 1.54) is 18.4 Å². The highest BCUT2D eigenvalue weighted by Gasteiger charge is 2.08. The van der Waals surface area contributed by atoms with Gasteiger partial charge in [0.05, 0.1) is 15.7 Å². The average Bonchev–Trinajstić information content (AvgIpc) is 2.34. The van der Waals surface area contributed by atoms with Crippen molar-refractivity contribution in [1.82, 2.24) is 5.32 Å². The van der Waals surface area contributed by atoms with Gasteiger partial charge in [-0.25, -0.2) is 9.18 Å². The van der Waals surface area contributed by atoms with Crippen molar-refractivity contribution in [3.05, 3.63) is 24.0 Å². The summed E-state index contributed by atoms with van der Waals surface area (Å²) < 4.78 is 24.7. The summed E-state index contributed by atoms with van der Waals surface area (Å²) in [5.41, 5.74) is 0.229. The lowest BCUT2D eigenvalue weighted by atomic mass is 10.3. The Morgan fingerprint density at radius 1 is 1.40 bits per heavy atom. The Morgan fingerprint density at radius 3 is 2.65 bits per heavy atom. The van der Waals surface area contributed by atoms with Gasteiger partial charge in [0.25, 0.3) is 0 Å². The van der Waals surface area contributed by atoms with Crippen LogP contribution in [0.15, 0.2) is 23.1 Å². The van der Waals surface area contributed by atoms with Crippen molar-refractivity contribution in [2.75, 3.05) is 18.1 Å². The molecule has 2 amide bonds. The van der Waals surface area contributed by atoms with Crippen molar-refractivity contribution < 1.29 is 23.3 Å². The van der Waals surface area contributed by atoms with Crippen LogP contribution in [0.25, 0.3) is 0 Å². The molecule has 0 heterocycles. The second-order valence-electron chi connectivity index (χ2n) is 3.98. The fraction of sp³-hybridized carbons (Fsp3) is 0.333. The first kappa shape index (κ1) is 16.1. The molecule has 8 heteroatoms. The van der Waals surface area contributed by atoms with Gasteiger partial charge in [-0.2, -0.15) is 0 Å². The van der Waals surface area contributed by atoms with Crippen molar-refractivity contribution in [2.24, 2.45) is 0 Å². The second-order valence-corrected chi connectivity index (χ2v) is 5.33. The predicted octanol–water partition coefficient (Wildman–Crippen LogP) is 1.55. The Balaban J connectivity index is 2.48. The highest BCUT2D eigenvalue weighted by atomic mass is 32.2. The number of halogens is 1. The van der Waals surface area contributed by atoms with E-state index < -0.39 is 28.6 Å². The average molecular weight is 302 g/mol. The Kier molecular flexibility index (Phi) is 6.10. The molecule has 0 spiro atoms. The number of urea groups is 1. The largest absolute Gasteiger partial charge is 0.481 e. The fourth-order valence-corrected chi connectivity index (χ4v) is 2.02. The molecular formula is C12H15FN2O4S. The molecule has 0 radical (unpaired) electrons. The molecule has 1 unspecified atom stereocenters. The molecule has 3 N–H and O–H groups in total. The van der Waals surface area contributed by atoms with Crippen LogP contribution in [-0.2, 0) is 15.6 Å². The summed E-state index contributed by atoms with van der Waals surface area (Å²) in [6, 6.07) is 3.30. The lowest BCUT2D eigenvalue weighted by molar-refractivity contribution is -0.137. The molecule has 0 fully saturated rings. The minimum absolute atomic E-state index is 0.0358. The van der Waals surface area contributed by atoms with Gasteiger partial charge < -0.3 is 15.7 Å². The zero-order valence-corrected chi connectivity index (χ0v) is 11.6. The molecule has 110 valence electrons. The van der Waals surface area contributed by atoms with Gasteiger partial charge in [0.15, 0.2) is 0 Å². The normalized spacial score (nSPS) is 11.7. The highest BCUT2D eigenvalue weighted by Crippen LogP contribution is 2.16. The number of carboxylic acids is 1. The van der Waals surface area contributed by atoms with Gasteiger partial charge in [0, 0.05) is 24.9 Å². The third-order valence-corrected chi connectivity index (χ3v) is 3.30. The lowest BCUT2D eigenvalue weighted by Crippen LogP contribution is -2.29. The first-order valence-electron chi connectivity index (χ1n) is 5.80. The molecule has 0 aliphatic carbocycles. The molecule has 20 heavy (non-hydrogen) atoms. The van der Waals surface area contributed by atoms with Crippen LogP contribution >= 0.6 is 0 Å². The van der Waals surface area contributed by atoms with Gasteiger partial charge in [0.2, 0.25) is 0 Å². The van der Waals surface area contributed by atoms with Crippen LogP contribution in [-0.4, -0.2) is 34.1 Å². The second kappa shape index (κ2) is 7.59. The van der Waals surface area contributed by atoms with Crippen LogP contribution in [0, 0.1) is 5.82 Å². The van der Waals surface area contributed by atoms with E-state index in [4.69, 9.17) is 5.11 Å². The van der Waals surface area contributed by atoms with Crippen LogP contribution in [0.3, 0.4) is 0 Å². The summed E-state index contributed by atoms with van der Waals surface area (Å²) in [6.07, 6.45) is 1.64. The molecule has 0 aliphatic rings. The van der Waals surface area contributed by atoms with Crippen LogP contribution < -0.4 is 10.6 Å². The van der Waals surface area contributed by atoms with Crippen LogP contribution in [0.1, 0.15) is 12.8 Å². The first-order chi connectivity index (χ1) is 9.40. The van der Waals surface area contributed by atoms with Gasteiger partial charge in [-0.1, -0.05) is 0 Å². The van der Waals surface area contributed by atoms with Gasteiger partial charge in [-0.05, 0) is 24.6 Å². The number of carboxylic acid groups (broad SMARTS) is 1. The van der Waals surface area contributed by atoms with Gasteiger partial charge in [-0.15, -0.1) is 0 Å². The summed E-state index contributed by atoms with van der Waals surface area (Å²) in [5.74, 6) is -1.59. The van der Waals surface area contributed by atoms with E-state index >= 15 is 0 Å². The van der Waals surface area contributed by atoms with Crippen molar-refractivity contribution in [2.45, 2.75) is 17.7 Å². The maximum absolute atomic E-state index is 13.5. The number of amides is 2. The van der Waals surface area contributed by atoms with E-state index in [9.17, 15) is 18.2 Å². The molecule has 1 atom stereocenters. The van der Waals surface area contributed by atoms with Crippen molar-refractivity contribution >= 4 is 28.5 Å². The Morgan fingerprint density at radius 2 is 2.10 bits per heavy atom. The fourth-order valence-electron chi connectivity index (χ4n) is 1.43. The topological polar surface area (TPSA) is 95.5 Å². The van der Waals surface area contributed by atoms with Gasteiger partial charge in [0.1, 0.15) is 5.82 Å². The number of aliphatic carboxylic acids is 1. The number of carbonyl (C=O) groups is 2. The summed E-state index contributed by atoms with van der Waals surface area (Å²) in [7, 11) is -1.43. The van der Waals surface area contributed by atoms with E-state index in [-0.39, 0.29) is 23.5 Å². The van der Waals surface area contributed by atoms with Crippen molar-refractivity contribution in [1.29, 1.82) is 0 Å². The molecule has 0 bridgehead atoms. The van der Waals surface area contributed by atoms with Crippen LogP contribution in [0.5, 0.6) is 0 Å². The van der Waals surface area contributed by atoms with Crippen LogP contribution in [0.4, 0.5) is 14.9 Å². The SMILES string of the molecule is CS(=O)c1ccc(NC(=O)NCCCC(=O)O)cc1F. The Bertz CT molecular complexity index is 536. The highest BCUT2D eigenvalue weighted by molar-refractivity contribution is 7.84. The van der Waals surface area contributed by atoms with E-state index in [0.29, 0.717) is 6.42 Å².